The van der Waals surface area contributed by atoms with Crippen molar-refractivity contribution in [2.24, 2.45) is 0 Å². The minimum atomic E-state index is -0.825. The number of urea groups is 1. The molecule has 0 aliphatic carbocycles. The predicted molar refractivity (Wildman–Crippen MR) is 90.9 cm³/mol. The number of carbonyl (C=O) groups excluding carboxylic acids is 2. The zero-order valence-electron chi connectivity index (χ0n) is 14.2. The number of hydrogen-bond donors (Lipinski definition) is 2. The maximum absolute atomic E-state index is 13.6. The van der Waals surface area contributed by atoms with Crippen LogP contribution in [-0.2, 0) is 0 Å². The van der Waals surface area contributed by atoms with Crippen molar-refractivity contribution in [3.8, 4) is 0 Å². The molecule has 6 nitrogen and oxygen atoms in total. The average Bonchev–Trinajstić information content (AvgIpc) is 3.04. The maximum Gasteiger partial charge on any atom is 0.321 e. The van der Waals surface area contributed by atoms with Gasteiger partial charge in [-0.15, -0.1) is 0 Å². The summed E-state index contributed by atoms with van der Waals surface area (Å²) in [5.41, 5.74) is 0.695. The molecule has 2 N–H and O–H groups in total. The number of piperidine rings is 1. The van der Waals surface area contributed by atoms with Crippen LogP contribution >= 0.6 is 0 Å². The number of hydrogen-bond acceptors (Lipinski definition) is 3. The number of nitrogens with one attached hydrogen (secondary N) is 2. The summed E-state index contributed by atoms with van der Waals surface area (Å²) in [6, 6.07) is 4.17. The molecule has 1 saturated heterocycles. The van der Waals surface area contributed by atoms with Gasteiger partial charge < -0.3 is 20.0 Å². The number of furan rings is 1. The van der Waals surface area contributed by atoms with E-state index >= 15 is 0 Å². The number of benzene rings is 1. The summed E-state index contributed by atoms with van der Waals surface area (Å²) in [7, 11) is 0. The quantitative estimate of drug-likeness (QED) is 0.879. The molecule has 0 spiro atoms. The lowest BCUT2D eigenvalue weighted by Crippen LogP contribution is -2.47. The van der Waals surface area contributed by atoms with Crippen molar-refractivity contribution in [1.82, 2.24) is 10.2 Å². The van der Waals surface area contributed by atoms with Crippen LogP contribution in [0.2, 0.25) is 0 Å². The summed E-state index contributed by atoms with van der Waals surface area (Å²) >= 11 is 0. The van der Waals surface area contributed by atoms with Crippen LogP contribution in [0.25, 0.3) is 0 Å². The number of rotatable bonds is 3. The predicted octanol–water partition coefficient (Wildman–Crippen LogP) is 3.29. The summed E-state index contributed by atoms with van der Waals surface area (Å²) in [4.78, 5) is 25.9. The first-order valence-electron chi connectivity index (χ1n) is 8.30. The Hall–Kier alpha value is -2.90. The van der Waals surface area contributed by atoms with Crippen LogP contribution < -0.4 is 10.6 Å². The molecule has 0 unspecified atom stereocenters. The molecule has 138 valence electrons. The maximum atomic E-state index is 13.6. The summed E-state index contributed by atoms with van der Waals surface area (Å²) in [5.74, 6) is -1.51. The van der Waals surface area contributed by atoms with Crippen molar-refractivity contribution in [1.29, 1.82) is 0 Å². The Labute approximate surface area is 149 Å². The molecule has 0 bridgehead atoms. The fraction of sp³-hybridized carbons (Fsp3) is 0.333. The Morgan fingerprint density at radius 1 is 1.19 bits per heavy atom. The number of aryl methyl sites for hydroxylation is 1. The van der Waals surface area contributed by atoms with E-state index in [1.54, 1.807) is 13.0 Å². The molecule has 0 atom stereocenters. The van der Waals surface area contributed by atoms with Gasteiger partial charge in [-0.2, -0.15) is 0 Å². The molecule has 1 aliphatic rings. The Bertz CT molecular complexity index is 814. The van der Waals surface area contributed by atoms with Gasteiger partial charge in [0.25, 0.3) is 5.91 Å². The first-order valence-corrected chi connectivity index (χ1v) is 8.30. The summed E-state index contributed by atoms with van der Waals surface area (Å²) in [6.07, 6.45) is 2.61. The molecule has 2 aromatic rings. The number of amides is 3. The van der Waals surface area contributed by atoms with Crippen molar-refractivity contribution < 1.29 is 22.8 Å². The topological polar surface area (TPSA) is 74.6 Å². The molecular weight excluding hydrogens is 344 g/mol. The van der Waals surface area contributed by atoms with E-state index in [0.29, 0.717) is 32.0 Å². The van der Waals surface area contributed by atoms with Crippen molar-refractivity contribution in [3.63, 3.8) is 0 Å². The van der Waals surface area contributed by atoms with Gasteiger partial charge in [0.15, 0.2) is 5.76 Å². The van der Waals surface area contributed by atoms with E-state index in [0.717, 1.165) is 11.6 Å². The average molecular weight is 363 g/mol. The van der Waals surface area contributed by atoms with E-state index < -0.39 is 17.7 Å². The fourth-order valence-electron chi connectivity index (χ4n) is 2.87. The van der Waals surface area contributed by atoms with E-state index in [-0.39, 0.29) is 23.4 Å². The molecule has 1 aromatic carbocycles. The summed E-state index contributed by atoms with van der Waals surface area (Å²) in [5, 5.41) is 5.33. The Morgan fingerprint density at radius 3 is 2.54 bits per heavy atom. The highest BCUT2D eigenvalue weighted by molar-refractivity contribution is 5.93. The first kappa shape index (κ1) is 17.9. The third kappa shape index (κ3) is 4.01. The van der Waals surface area contributed by atoms with Gasteiger partial charge in [0, 0.05) is 30.8 Å². The molecule has 3 amide bonds. The number of carbonyl (C=O) groups is 2. The van der Waals surface area contributed by atoms with Gasteiger partial charge in [-0.1, -0.05) is 0 Å². The second-order valence-electron chi connectivity index (χ2n) is 6.22. The molecule has 1 aromatic heterocycles. The normalized spacial score (nSPS) is 15.0. The van der Waals surface area contributed by atoms with Crippen molar-refractivity contribution in [2.45, 2.75) is 25.8 Å². The van der Waals surface area contributed by atoms with Crippen molar-refractivity contribution in [3.05, 3.63) is 53.5 Å². The van der Waals surface area contributed by atoms with Crippen LogP contribution in [0.15, 0.2) is 34.9 Å². The number of anilines is 1. The lowest BCUT2D eigenvalue weighted by atomic mass is 10.0. The van der Waals surface area contributed by atoms with Gasteiger partial charge in [0.2, 0.25) is 0 Å². The largest absolute Gasteiger partial charge is 0.459 e. The first-order chi connectivity index (χ1) is 12.4. The van der Waals surface area contributed by atoms with Crippen LogP contribution in [0.1, 0.15) is 29.0 Å². The lowest BCUT2D eigenvalue weighted by Gasteiger charge is -2.32. The molecule has 3 rings (SSSR count). The molecule has 2 heterocycles. The number of likely N-dealkylation sites (tertiary alicyclic amines) is 1. The Morgan fingerprint density at radius 2 is 1.92 bits per heavy atom. The van der Waals surface area contributed by atoms with Gasteiger partial charge in [-0.3, -0.25) is 4.79 Å². The third-order valence-electron chi connectivity index (χ3n) is 4.36. The van der Waals surface area contributed by atoms with Crippen molar-refractivity contribution >= 4 is 17.6 Å². The van der Waals surface area contributed by atoms with E-state index in [2.05, 4.69) is 10.6 Å². The molecule has 26 heavy (non-hydrogen) atoms. The highest BCUT2D eigenvalue weighted by atomic mass is 19.1. The molecule has 0 radical (unpaired) electrons. The zero-order valence-corrected chi connectivity index (χ0v) is 14.2. The number of nitrogens with zero attached hydrogens (tertiary/aromatic N) is 1. The standard InChI is InChI=1S/C18H19F2N3O3/c1-11-6-9-26-16(11)17(24)21-13-4-7-23(8-5-13)18(25)22-15-3-2-12(19)10-14(15)20/h2-3,6,9-10,13H,4-5,7-8H2,1H3,(H,21,24)(H,22,25). The van der Waals surface area contributed by atoms with Gasteiger partial charge >= 0.3 is 6.03 Å². The summed E-state index contributed by atoms with van der Waals surface area (Å²) < 4.78 is 31.7. The monoisotopic (exact) mass is 363 g/mol. The number of halogens is 2. The van der Waals surface area contributed by atoms with Gasteiger partial charge in [0.1, 0.15) is 11.6 Å². The molecule has 1 aliphatic heterocycles. The molecule has 1 fully saturated rings. The van der Waals surface area contributed by atoms with Crippen LogP contribution in [-0.4, -0.2) is 36.0 Å². The highest BCUT2D eigenvalue weighted by Gasteiger charge is 2.25. The minimum Gasteiger partial charge on any atom is -0.459 e. The van der Waals surface area contributed by atoms with Crippen LogP contribution in [0.5, 0.6) is 0 Å². The highest BCUT2D eigenvalue weighted by Crippen LogP contribution is 2.18. The summed E-state index contributed by atoms with van der Waals surface area (Å²) in [6.45, 7) is 2.62. The van der Waals surface area contributed by atoms with E-state index in [9.17, 15) is 18.4 Å². The van der Waals surface area contributed by atoms with Gasteiger partial charge in [-0.25, -0.2) is 13.6 Å². The van der Waals surface area contributed by atoms with E-state index in [1.807, 2.05) is 0 Å². The van der Waals surface area contributed by atoms with Crippen LogP contribution in [0.3, 0.4) is 0 Å². The lowest BCUT2D eigenvalue weighted by molar-refractivity contribution is 0.0890. The zero-order chi connectivity index (χ0) is 18.7. The molecular formula is C18H19F2N3O3. The third-order valence-corrected chi connectivity index (χ3v) is 4.36. The van der Waals surface area contributed by atoms with Crippen molar-refractivity contribution in [2.75, 3.05) is 18.4 Å². The van der Waals surface area contributed by atoms with Gasteiger partial charge in [-0.05, 0) is 38.0 Å². The smallest absolute Gasteiger partial charge is 0.321 e. The second kappa shape index (κ2) is 7.55. The second-order valence-corrected chi connectivity index (χ2v) is 6.22. The van der Waals surface area contributed by atoms with E-state index in [4.69, 9.17) is 4.42 Å². The van der Waals surface area contributed by atoms with Crippen LogP contribution in [0.4, 0.5) is 19.3 Å². The molecule has 8 heteroatoms. The Kier molecular flexibility index (Phi) is 5.20. The van der Waals surface area contributed by atoms with Crippen LogP contribution in [0, 0.1) is 18.6 Å². The molecule has 0 saturated carbocycles. The van der Waals surface area contributed by atoms with Gasteiger partial charge in [0.05, 0.1) is 12.0 Å². The van der Waals surface area contributed by atoms with E-state index in [1.165, 1.54) is 17.2 Å². The SMILES string of the molecule is Cc1ccoc1C(=O)NC1CCN(C(=O)Nc2ccc(F)cc2F)CC1. The Balaban J connectivity index is 1.51. The minimum absolute atomic E-state index is 0.0693. The fourth-order valence-corrected chi connectivity index (χ4v) is 2.87.